The maximum absolute atomic E-state index is 10.3. The molecule has 0 aromatic heterocycles. The van der Waals surface area contributed by atoms with Gasteiger partial charge in [0.15, 0.2) is 0 Å². The molecule has 14 heavy (non-hydrogen) atoms. The Morgan fingerprint density at radius 3 is 2.57 bits per heavy atom. The SMILES string of the molecule is Cl.Cl.NNCc1cccc([N+](=O)[O-])c1. The first-order valence-corrected chi connectivity index (χ1v) is 3.41. The summed E-state index contributed by atoms with van der Waals surface area (Å²) in [4.78, 5) is 9.88. The van der Waals surface area contributed by atoms with Crippen LogP contribution in [0, 0.1) is 10.1 Å². The Balaban J connectivity index is 0. The number of nitrogens with two attached hydrogens (primary N) is 1. The van der Waals surface area contributed by atoms with Crippen LogP contribution in [0.3, 0.4) is 0 Å². The van der Waals surface area contributed by atoms with Gasteiger partial charge >= 0.3 is 0 Å². The fraction of sp³-hybridized carbons (Fsp3) is 0.143. The normalized spacial score (nSPS) is 8.36. The van der Waals surface area contributed by atoms with E-state index in [0.717, 1.165) is 5.56 Å². The van der Waals surface area contributed by atoms with Crippen LogP contribution in [-0.4, -0.2) is 4.92 Å². The van der Waals surface area contributed by atoms with Gasteiger partial charge in [-0.2, -0.15) is 0 Å². The number of nitro benzene ring substituents is 1. The second-order valence-corrected chi connectivity index (χ2v) is 2.31. The predicted molar refractivity (Wildman–Crippen MR) is 58.6 cm³/mol. The zero-order chi connectivity index (χ0) is 8.97. The molecular weight excluding hydrogens is 229 g/mol. The summed E-state index contributed by atoms with van der Waals surface area (Å²) in [5.41, 5.74) is 3.31. The van der Waals surface area contributed by atoms with Gasteiger partial charge in [0, 0.05) is 18.7 Å². The van der Waals surface area contributed by atoms with Crippen LogP contribution in [0.4, 0.5) is 5.69 Å². The molecule has 0 radical (unpaired) electrons. The van der Waals surface area contributed by atoms with Crippen molar-refractivity contribution in [2.75, 3.05) is 0 Å². The van der Waals surface area contributed by atoms with E-state index in [1.165, 1.54) is 12.1 Å². The molecule has 0 atom stereocenters. The minimum Gasteiger partial charge on any atom is -0.271 e. The summed E-state index contributed by atoms with van der Waals surface area (Å²) < 4.78 is 0. The summed E-state index contributed by atoms with van der Waals surface area (Å²) in [6, 6.07) is 6.33. The maximum Gasteiger partial charge on any atom is 0.269 e. The highest BCUT2D eigenvalue weighted by molar-refractivity contribution is 5.85. The Hall–Kier alpha value is -0.880. The third-order valence-corrected chi connectivity index (χ3v) is 1.43. The standard InChI is InChI=1S/C7H9N3O2.2ClH/c8-9-5-6-2-1-3-7(4-6)10(11)12;;/h1-4,9H,5,8H2;2*1H. The van der Waals surface area contributed by atoms with E-state index in [4.69, 9.17) is 5.84 Å². The molecule has 0 aliphatic heterocycles. The van der Waals surface area contributed by atoms with Gasteiger partial charge in [-0.15, -0.1) is 24.8 Å². The summed E-state index contributed by atoms with van der Waals surface area (Å²) in [5, 5.41) is 10.3. The quantitative estimate of drug-likeness (QED) is 0.475. The van der Waals surface area contributed by atoms with Gasteiger partial charge in [-0.1, -0.05) is 12.1 Å². The Labute approximate surface area is 93.6 Å². The molecule has 1 aromatic carbocycles. The third kappa shape index (κ3) is 4.38. The van der Waals surface area contributed by atoms with Gasteiger partial charge in [0.05, 0.1) is 4.92 Å². The van der Waals surface area contributed by atoms with Gasteiger partial charge in [-0.25, -0.2) is 0 Å². The first kappa shape index (κ1) is 15.6. The van der Waals surface area contributed by atoms with Crippen molar-refractivity contribution in [3.8, 4) is 0 Å². The van der Waals surface area contributed by atoms with Crippen molar-refractivity contribution in [3.05, 3.63) is 39.9 Å². The fourth-order valence-electron chi connectivity index (χ4n) is 0.898. The Morgan fingerprint density at radius 1 is 1.43 bits per heavy atom. The second-order valence-electron chi connectivity index (χ2n) is 2.31. The molecule has 0 heterocycles. The number of hydrogen-bond donors (Lipinski definition) is 2. The lowest BCUT2D eigenvalue weighted by Crippen LogP contribution is -2.20. The number of benzene rings is 1. The van der Waals surface area contributed by atoms with Crippen LogP contribution in [0.1, 0.15) is 5.56 Å². The number of halogens is 2. The molecule has 0 fully saturated rings. The van der Waals surface area contributed by atoms with Crippen LogP contribution in [0.5, 0.6) is 0 Å². The van der Waals surface area contributed by atoms with Gasteiger partial charge in [-0.05, 0) is 5.56 Å². The monoisotopic (exact) mass is 239 g/mol. The van der Waals surface area contributed by atoms with E-state index >= 15 is 0 Å². The van der Waals surface area contributed by atoms with E-state index in [1.54, 1.807) is 12.1 Å². The molecule has 0 aliphatic carbocycles. The molecule has 5 nitrogen and oxygen atoms in total. The molecule has 1 rings (SSSR count). The van der Waals surface area contributed by atoms with E-state index in [-0.39, 0.29) is 30.5 Å². The second kappa shape index (κ2) is 7.52. The Bertz CT molecular complexity index is 296. The van der Waals surface area contributed by atoms with Crippen molar-refractivity contribution in [1.29, 1.82) is 0 Å². The van der Waals surface area contributed by atoms with Crippen LogP contribution >= 0.6 is 24.8 Å². The molecule has 7 heteroatoms. The number of non-ortho nitro benzene ring substituents is 1. The minimum atomic E-state index is -0.431. The van der Waals surface area contributed by atoms with Gasteiger partial charge in [0.2, 0.25) is 0 Å². The summed E-state index contributed by atoms with van der Waals surface area (Å²) in [6.07, 6.45) is 0. The Kier molecular flexibility index (Phi) is 8.37. The summed E-state index contributed by atoms with van der Waals surface area (Å²) in [7, 11) is 0. The minimum absolute atomic E-state index is 0. The molecule has 1 aromatic rings. The lowest BCUT2D eigenvalue weighted by atomic mass is 10.2. The Morgan fingerprint density at radius 2 is 2.07 bits per heavy atom. The summed E-state index contributed by atoms with van der Waals surface area (Å²) >= 11 is 0. The van der Waals surface area contributed by atoms with Gasteiger partial charge < -0.3 is 0 Å². The summed E-state index contributed by atoms with van der Waals surface area (Å²) in [6.45, 7) is 0.432. The highest BCUT2D eigenvalue weighted by Crippen LogP contribution is 2.12. The number of rotatable bonds is 3. The first-order valence-electron chi connectivity index (χ1n) is 3.41. The molecule has 0 spiro atoms. The highest BCUT2D eigenvalue weighted by Gasteiger charge is 2.03. The highest BCUT2D eigenvalue weighted by atomic mass is 35.5. The van der Waals surface area contributed by atoms with Gasteiger partial charge in [0.1, 0.15) is 0 Å². The first-order chi connectivity index (χ1) is 5.74. The number of nitro groups is 1. The lowest BCUT2D eigenvalue weighted by Gasteiger charge is -1.98. The third-order valence-electron chi connectivity index (χ3n) is 1.43. The predicted octanol–water partition coefficient (Wildman–Crippen LogP) is 1.40. The average molecular weight is 240 g/mol. The lowest BCUT2D eigenvalue weighted by molar-refractivity contribution is -0.384. The average Bonchev–Trinajstić information content (AvgIpc) is 2.05. The molecule has 0 saturated heterocycles. The summed E-state index contributed by atoms with van der Waals surface area (Å²) in [5.74, 6) is 5.07. The van der Waals surface area contributed by atoms with E-state index in [9.17, 15) is 10.1 Å². The van der Waals surface area contributed by atoms with E-state index in [2.05, 4.69) is 5.43 Å². The number of hydrogen-bond acceptors (Lipinski definition) is 4. The van der Waals surface area contributed by atoms with Gasteiger partial charge in [-0.3, -0.25) is 21.4 Å². The molecule has 3 N–H and O–H groups in total. The molecule has 80 valence electrons. The van der Waals surface area contributed by atoms with Crippen molar-refractivity contribution in [1.82, 2.24) is 5.43 Å². The smallest absolute Gasteiger partial charge is 0.269 e. The zero-order valence-electron chi connectivity index (χ0n) is 7.17. The van der Waals surface area contributed by atoms with Crippen molar-refractivity contribution < 1.29 is 4.92 Å². The van der Waals surface area contributed by atoms with Crippen LogP contribution < -0.4 is 11.3 Å². The molecule has 0 aliphatic rings. The van der Waals surface area contributed by atoms with Crippen LogP contribution in [0.25, 0.3) is 0 Å². The molecule has 0 amide bonds. The maximum atomic E-state index is 10.3. The number of hydrazine groups is 1. The van der Waals surface area contributed by atoms with E-state index in [0.29, 0.717) is 6.54 Å². The zero-order valence-corrected chi connectivity index (χ0v) is 8.81. The fourth-order valence-corrected chi connectivity index (χ4v) is 0.898. The van der Waals surface area contributed by atoms with Crippen LogP contribution in [-0.2, 0) is 6.54 Å². The van der Waals surface area contributed by atoms with E-state index < -0.39 is 4.92 Å². The van der Waals surface area contributed by atoms with E-state index in [1.807, 2.05) is 0 Å². The molecule has 0 saturated carbocycles. The largest absolute Gasteiger partial charge is 0.271 e. The van der Waals surface area contributed by atoms with Crippen LogP contribution in [0.2, 0.25) is 0 Å². The molecular formula is C7H11Cl2N3O2. The van der Waals surface area contributed by atoms with Crippen molar-refractivity contribution in [2.45, 2.75) is 6.54 Å². The topological polar surface area (TPSA) is 81.2 Å². The molecule has 0 unspecified atom stereocenters. The van der Waals surface area contributed by atoms with Crippen molar-refractivity contribution in [2.24, 2.45) is 5.84 Å². The van der Waals surface area contributed by atoms with Crippen molar-refractivity contribution >= 4 is 30.5 Å². The number of nitrogens with one attached hydrogen (secondary N) is 1. The molecule has 0 bridgehead atoms. The van der Waals surface area contributed by atoms with Crippen LogP contribution in [0.15, 0.2) is 24.3 Å². The van der Waals surface area contributed by atoms with Crippen molar-refractivity contribution in [3.63, 3.8) is 0 Å². The number of nitrogens with zero attached hydrogens (tertiary/aromatic N) is 1. The van der Waals surface area contributed by atoms with Gasteiger partial charge in [0.25, 0.3) is 5.69 Å².